The van der Waals surface area contributed by atoms with Gasteiger partial charge in [-0.05, 0) is 22.4 Å². The van der Waals surface area contributed by atoms with Gasteiger partial charge in [-0.3, -0.25) is 9.78 Å². The number of pyridine rings is 1. The topological polar surface area (TPSA) is 59.2 Å². The molecule has 3 rings (SSSR count). The molecular weight excluding hydrogens is 274 g/mol. The number of hydrogen-bond acceptors (Lipinski definition) is 3. The van der Waals surface area contributed by atoms with Gasteiger partial charge in [-0.15, -0.1) is 0 Å². The maximum atomic E-state index is 11.5. The number of nitrogens with zero attached hydrogens (tertiary/aromatic N) is 2. The number of primary amides is 1. The molecule has 3 aromatic rings. The van der Waals surface area contributed by atoms with Crippen LogP contribution >= 0.6 is 0 Å². The Balaban J connectivity index is 1.97. The van der Waals surface area contributed by atoms with E-state index in [2.05, 4.69) is 29.2 Å². The second-order valence-corrected chi connectivity index (χ2v) is 5.25. The number of nitrogens with two attached hydrogens (primary N) is 1. The van der Waals surface area contributed by atoms with E-state index >= 15 is 0 Å². The smallest absolute Gasteiger partial charge is 0.252 e. The van der Waals surface area contributed by atoms with E-state index in [1.54, 1.807) is 6.20 Å². The number of amides is 1. The summed E-state index contributed by atoms with van der Waals surface area (Å²) in [5, 5.41) is 2.42. The van der Waals surface area contributed by atoms with E-state index in [-0.39, 0.29) is 0 Å². The lowest BCUT2D eigenvalue weighted by Crippen LogP contribution is -2.22. The molecule has 2 N–H and O–H groups in total. The molecule has 0 aliphatic heterocycles. The highest BCUT2D eigenvalue weighted by Gasteiger charge is 2.13. The summed E-state index contributed by atoms with van der Waals surface area (Å²) in [6.07, 6.45) is 3.18. The summed E-state index contributed by atoms with van der Waals surface area (Å²) in [7, 11) is 1.95. The van der Waals surface area contributed by atoms with E-state index in [0.29, 0.717) is 12.1 Å². The number of carbonyl (C=O) groups excluding carboxylic acids is 1. The third kappa shape index (κ3) is 2.63. The van der Waals surface area contributed by atoms with Crippen LogP contribution < -0.4 is 10.6 Å². The van der Waals surface area contributed by atoms with Crippen LogP contribution in [0.15, 0.2) is 60.9 Å². The van der Waals surface area contributed by atoms with Crippen molar-refractivity contribution in [1.82, 2.24) is 4.98 Å². The number of benzene rings is 2. The second-order valence-electron chi connectivity index (χ2n) is 5.25. The van der Waals surface area contributed by atoms with Crippen molar-refractivity contribution in [3.8, 4) is 0 Å². The minimum absolute atomic E-state index is 0.435. The molecule has 4 nitrogen and oxygen atoms in total. The molecule has 0 saturated heterocycles. The lowest BCUT2D eigenvalue weighted by atomic mass is 10.0. The molecule has 110 valence electrons. The number of fused-ring (bicyclic) bond motifs is 1. The summed E-state index contributed by atoms with van der Waals surface area (Å²) in [4.78, 5) is 17.5. The van der Waals surface area contributed by atoms with Crippen LogP contribution in [0, 0.1) is 0 Å². The first-order chi connectivity index (χ1) is 10.7. The molecule has 0 atom stereocenters. The van der Waals surface area contributed by atoms with Gasteiger partial charge in [-0.25, -0.2) is 0 Å². The van der Waals surface area contributed by atoms with Crippen molar-refractivity contribution < 1.29 is 4.79 Å². The Labute approximate surface area is 129 Å². The highest BCUT2D eigenvalue weighted by atomic mass is 16.1. The average molecular weight is 291 g/mol. The fourth-order valence-corrected chi connectivity index (χ4v) is 2.68. The molecular formula is C18H17N3O. The molecule has 0 saturated carbocycles. The van der Waals surface area contributed by atoms with Crippen molar-refractivity contribution >= 4 is 22.4 Å². The van der Waals surface area contributed by atoms with Gasteiger partial charge < -0.3 is 10.6 Å². The normalized spacial score (nSPS) is 10.6. The summed E-state index contributed by atoms with van der Waals surface area (Å²) in [6.45, 7) is 0.686. The lowest BCUT2D eigenvalue weighted by Gasteiger charge is -2.22. The highest BCUT2D eigenvalue weighted by molar-refractivity contribution is 5.98. The molecule has 0 spiro atoms. The Bertz CT molecular complexity index is 824. The van der Waals surface area contributed by atoms with Crippen molar-refractivity contribution in [3.05, 3.63) is 72.1 Å². The molecule has 1 aromatic heterocycles. The third-order valence-corrected chi connectivity index (χ3v) is 3.76. The van der Waals surface area contributed by atoms with Gasteiger partial charge in [0.25, 0.3) is 5.91 Å². The molecule has 2 aromatic carbocycles. The first-order valence-corrected chi connectivity index (χ1v) is 7.08. The molecule has 0 fully saturated rings. The standard InChI is InChI=1S/C18H17N3O/c1-21(17-9-10-20-11-16(17)18(19)22)12-14-7-4-6-13-5-2-3-8-15(13)14/h2-11H,12H2,1H3,(H2,19,22). The van der Waals surface area contributed by atoms with Gasteiger partial charge >= 0.3 is 0 Å². The van der Waals surface area contributed by atoms with E-state index in [4.69, 9.17) is 5.73 Å². The van der Waals surface area contributed by atoms with Gasteiger partial charge in [0.2, 0.25) is 0 Å². The Hall–Kier alpha value is -2.88. The Morgan fingerprint density at radius 3 is 2.73 bits per heavy atom. The quantitative estimate of drug-likeness (QED) is 0.804. The summed E-state index contributed by atoms with van der Waals surface area (Å²) >= 11 is 0. The maximum Gasteiger partial charge on any atom is 0.252 e. The van der Waals surface area contributed by atoms with Crippen molar-refractivity contribution in [1.29, 1.82) is 0 Å². The minimum atomic E-state index is -0.465. The molecule has 22 heavy (non-hydrogen) atoms. The number of carbonyl (C=O) groups is 1. The zero-order chi connectivity index (χ0) is 15.5. The zero-order valence-corrected chi connectivity index (χ0v) is 12.4. The number of aromatic nitrogens is 1. The second kappa shape index (κ2) is 5.85. The first-order valence-electron chi connectivity index (χ1n) is 7.08. The molecule has 0 bridgehead atoms. The largest absolute Gasteiger partial charge is 0.370 e. The van der Waals surface area contributed by atoms with Gasteiger partial charge in [0, 0.05) is 26.0 Å². The average Bonchev–Trinajstić information content (AvgIpc) is 2.55. The van der Waals surface area contributed by atoms with Gasteiger partial charge in [0.15, 0.2) is 0 Å². The van der Waals surface area contributed by atoms with Crippen LogP contribution in [0.3, 0.4) is 0 Å². The fraction of sp³-hybridized carbons (Fsp3) is 0.111. The molecule has 0 aliphatic carbocycles. The predicted octanol–water partition coefficient (Wildman–Crippen LogP) is 2.97. The van der Waals surface area contributed by atoms with Crippen molar-refractivity contribution in [2.24, 2.45) is 5.73 Å². The van der Waals surface area contributed by atoms with Crippen LogP contribution in [0.1, 0.15) is 15.9 Å². The Morgan fingerprint density at radius 1 is 1.14 bits per heavy atom. The SMILES string of the molecule is CN(Cc1cccc2ccccc12)c1ccncc1C(N)=O. The van der Waals surface area contributed by atoms with Crippen LogP contribution in [0.2, 0.25) is 0 Å². The number of rotatable bonds is 4. The molecule has 1 amide bonds. The number of anilines is 1. The van der Waals surface area contributed by atoms with E-state index in [0.717, 1.165) is 5.69 Å². The number of hydrogen-bond donors (Lipinski definition) is 1. The summed E-state index contributed by atoms with van der Waals surface area (Å²) in [5.41, 5.74) is 7.86. The molecule has 0 unspecified atom stereocenters. The van der Waals surface area contributed by atoms with Crippen LogP contribution in [-0.2, 0) is 6.54 Å². The highest BCUT2D eigenvalue weighted by Crippen LogP contribution is 2.23. The van der Waals surface area contributed by atoms with Crippen molar-refractivity contribution in [2.75, 3.05) is 11.9 Å². The maximum absolute atomic E-state index is 11.5. The van der Waals surface area contributed by atoms with Crippen LogP contribution in [0.5, 0.6) is 0 Å². The zero-order valence-electron chi connectivity index (χ0n) is 12.4. The van der Waals surface area contributed by atoms with Gasteiger partial charge in [0.05, 0.1) is 11.3 Å². The van der Waals surface area contributed by atoms with Gasteiger partial charge in [-0.2, -0.15) is 0 Å². The lowest BCUT2D eigenvalue weighted by molar-refractivity contribution is 0.100. The minimum Gasteiger partial charge on any atom is -0.370 e. The monoisotopic (exact) mass is 291 g/mol. The Kier molecular flexibility index (Phi) is 3.74. The van der Waals surface area contributed by atoms with Crippen LogP contribution in [0.4, 0.5) is 5.69 Å². The predicted molar refractivity (Wildman–Crippen MR) is 88.8 cm³/mol. The van der Waals surface area contributed by atoms with E-state index in [1.807, 2.05) is 36.2 Å². The molecule has 4 heteroatoms. The van der Waals surface area contributed by atoms with Crippen LogP contribution in [0.25, 0.3) is 10.8 Å². The van der Waals surface area contributed by atoms with E-state index in [1.165, 1.54) is 22.5 Å². The molecule has 1 heterocycles. The van der Waals surface area contributed by atoms with Crippen molar-refractivity contribution in [2.45, 2.75) is 6.54 Å². The fourth-order valence-electron chi connectivity index (χ4n) is 2.68. The summed E-state index contributed by atoms with van der Waals surface area (Å²) in [5.74, 6) is -0.465. The van der Waals surface area contributed by atoms with E-state index in [9.17, 15) is 4.79 Å². The first kappa shape index (κ1) is 14.1. The third-order valence-electron chi connectivity index (χ3n) is 3.76. The van der Waals surface area contributed by atoms with Gasteiger partial charge in [0.1, 0.15) is 0 Å². The summed E-state index contributed by atoms with van der Waals surface area (Å²) < 4.78 is 0. The molecule has 0 aliphatic rings. The van der Waals surface area contributed by atoms with Gasteiger partial charge in [-0.1, -0.05) is 42.5 Å². The Morgan fingerprint density at radius 2 is 1.91 bits per heavy atom. The van der Waals surface area contributed by atoms with Crippen molar-refractivity contribution in [3.63, 3.8) is 0 Å². The van der Waals surface area contributed by atoms with Crippen LogP contribution in [-0.4, -0.2) is 17.9 Å². The van der Waals surface area contributed by atoms with E-state index < -0.39 is 5.91 Å². The summed E-state index contributed by atoms with van der Waals surface area (Å²) in [6, 6.07) is 16.3. The molecule has 0 radical (unpaired) electrons.